The summed E-state index contributed by atoms with van der Waals surface area (Å²) in [7, 11) is 1.77. The molecule has 3 nitrogen and oxygen atoms in total. The molecule has 2 rings (SSSR count). The summed E-state index contributed by atoms with van der Waals surface area (Å²) in [6.07, 6.45) is -4.16. The number of halogens is 3. The predicted octanol–water partition coefficient (Wildman–Crippen LogP) is 3.40. The van der Waals surface area contributed by atoms with E-state index in [0.717, 1.165) is 10.7 Å². The van der Waals surface area contributed by atoms with E-state index in [1.54, 1.807) is 17.8 Å². The van der Waals surface area contributed by atoms with Crippen LogP contribution in [0.15, 0.2) is 34.2 Å². The maximum absolute atomic E-state index is 13.1. The molecule has 0 saturated carbocycles. The SMILES string of the molecule is Cc1cc(Sc2ccc(CCN)c(C(F)(F)F)c2)n(C)n1. The zero-order valence-electron chi connectivity index (χ0n) is 11.7. The molecule has 0 aliphatic rings. The van der Waals surface area contributed by atoms with Crippen LogP contribution in [-0.4, -0.2) is 16.3 Å². The lowest BCUT2D eigenvalue weighted by atomic mass is 10.0. The normalized spacial score (nSPS) is 11.9. The molecule has 114 valence electrons. The van der Waals surface area contributed by atoms with E-state index in [2.05, 4.69) is 5.10 Å². The van der Waals surface area contributed by atoms with Crippen LogP contribution < -0.4 is 5.73 Å². The molecule has 1 aromatic heterocycles. The lowest BCUT2D eigenvalue weighted by Crippen LogP contribution is -2.12. The maximum atomic E-state index is 13.1. The van der Waals surface area contributed by atoms with E-state index in [9.17, 15) is 13.2 Å². The molecule has 1 aromatic carbocycles. The molecule has 0 atom stereocenters. The van der Waals surface area contributed by atoms with Crippen molar-refractivity contribution in [2.45, 2.75) is 29.4 Å². The van der Waals surface area contributed by atoms with Gasteiger partial charge in [-0.3, -0.25) is 4.68 Å². The first kappa shape index (κ1) is 15.9. The minimum absolute atomic E-state index is 0.191. The molecule has 0 bridgehead atoms. The summed E-state index contributed by atoms with van der Waals surface area (Å²) < 4.78 is 41.0. The van der Waals surface area contributed by atoms with Crippen LogP contribution in [0.1, 0.15) is 16.8 Å². The van der Waals surface area contributed by atoms with E-state index in [1.807, 2.05) is 13.0 Å². The molecule has 2 aromatic rings. The number of hydrogen-bond acceptors (Lipinski definition) is 3. The third kappa shape index (κ3) is 3.79. The third-order valence-corrected chi connectivity index (χ3v) is 4.06. The minimum atomic E-state index is -4.37. The molecular formula is C14H16F3N3S. The second-order valence-corrected chi connectivity index (χ2v) is 5.80. The fraction of sp³-hybridized carbons (Fsp3) is 0.357. The Hall–Kier alpha value is -1.47. The van der Waals surface area contributed by atoms with Crippen molar-refractivity contribution in [3.8, 4) is 0 Å². The van der Waals surface area contributed by atoms with E-state index < -0.39 is 11.7 Å². The highest BCUT2D eigenvalue weighted by molar-refractivity contribution is 7.99. The number of aryl methyl sites for hydroxylation is 2. The van der Waals surface area contributed by atoms with Crippen molar-refractivity contribution in [3.05, 3.63) is 41.1 Å². The van der Waals surface area contributed by atoms with E-state index in [1.165, 1.54) is 23.9 Å². The minimum Gasteiger partial charge on any atom is -0.330 e. The van der Waals surface area contributed by atoms with Crippen LogP contribution in [0, 0.1) is 6.92 Å². The third-order valence-electron chi connectivity index (χ3n) is 2.98. The van der Waals surface area contributed by atoms with Crippen LogP contribution >= 0.6 is 11.8 Å². The highest BCUT2D eigenvalue weighted by Gasteiger charge is 2.33. The summed E-state index contributed by atoms with van der Waals surface area (Å²) in [5.74, 6) is 0. The number of nitrogens with zero attached hydrogens (tertiary/aromatic N) is 2. The molecule has 21 heavy (non-hydrogen) atoms. The molecule has 0 unspecified atom stereocenters. The fourth-order valence-electron chi connectivity index (χ4n) is 2.06. The monoisotopic (exact) mass is 315 g/mol. The van der Waals surface area contributed by atoms with Crippen molar-refractivity contribution in [1.29, 1.82) is 0 Å². The Morgan fingerprint density at radius 2 is 2.00 bits per heavy atom. The molecule has 0 amide bonds. The lowest BCUT2D eigenvalue weighted by Gasteiger charge is -2.14. The molecule has 0 fully saturated rings. The topological polar surface area (TPSA) is 43.8 Å². The second kappa shape index (κ2) is 6.11. The van der Waals surface area contributed by atoms with E-state index >= 15 is 0 Å². The van der Waals surface area contributed by atoms with Gasteiger partial charge >= 0.3 is 6.18 Å². The molecule has 7 heteroatoms. The molecule has 1 heterocycles. The predicted molar refractivity (Wildman–Crippen MR) is 76.3 cm³/mol. The largest absolute Gasteiger partial charge is 0.416 e. The Kier molecular flexibility index (Phi) is 4.63. The molecule has 0 spiro atoms. The van der Waals surface area contributed by atoms with Crippen molar-refractivity contribution in [3.63, 3.8) is 0 Å². The molecule has 0 aliphatic carbocycles. The van der Waals surface area contributed by atoms with Gasteiger partial charge in [0.2, 0.25) is 0 Å². The van der Waals surface area contributed by atoms with Crippen LogP contribution in [-0.2, 0) is 19.6 Å². The van der Waals surface area contributed by atoms with Gasteiger partial charge < -0.3 is 5.73 Å². The van der Waals surface area contributed by atoms with Gasteiger partial charge in [-0.1, -0.05) is 17.8 Å². The van der Waals surface area contributed by atoms with Gasteiger partial charge in [0.15, 0.2) is 0 Å². The Morgan fingerprint density at radius 3 is 2.52 bits per heavy atom. The molecule has 0 aliphatic heterocycles. The smallest absolute Gasteiger partial charge is 0.330 e. The Bertz CT molecular complexity index is 635. The summed E-state index contributed by atoms with van der Waals surface area (Å²) in [6, 6.07) is 6.21. The zero-order valence-corrected chi connectivity index (χ0v) is 12.6. The van der Waals surface area contributed by atoms with Gasteiger partial charge in [-0.15, -0.1) is 0 Å². The van der Waals surface area contributed by atoms with Gasteiger partial charge in [-0.25, -0.2) is 0 Å². The van der Waals surface area contributed by atoms with Crippen molar-refractivity contribution >= 4 is 11.8 Å². The Labute approximate surface area is 125 Å². The van der Waals surface area contributed by atoms with Crippen molar-refractivity contribution in [1.82, 2.24) is 9.78 Å². The highest BCUT2D eigenvalue weighted by atomic mass is 32.2. The first-order chi connectivity index (χ1) is 9.81. The Morgan fingerprint density at radius 1 is 1.29 bits per heavy atom. The quantitative estimate of drug-likeness (QED) is 0.940. The van der Waals surface area contributed by atoms with Gasteiger partial charge in [0, 0.05) is 11.9 Å². The number of hydrogen-bond donors (Lipinski definition) is 1. The summed E-state index contributed by atoms with van der Waals surface area (Å²) in [5, 5.41) is 4.98. The number of rotatable bonds is 4. The molecule has 0 radical (unpaired) electrons. The van der Waals surface area contributed by atoms with Crippen LogP contribution in [0.2, 0.25) is 0 Å². The second-order valence-electron chi connectivity index (χ2n) is 4.71. The van der Waals surface area contributed by atoms with E-state index in [-0.39, 0.29) is 18.5 Å². The summed E-state index contributed by atoms with van der Waals surface area (Å²) in [5.41, 5.74) is 5.82. The van der Waals surface area contributed by atoms with Crippen molar-refractivity contribution < 1.29 is 13.2 Å². The maximum Gasteiger partial charge on any atom is 0.416 e. The average molecular weight is 315 g/mol. The van der Waals surface area contributed by atoms with Crippen molar-refractivity contribution in [2.24, 2.45) is 12.8 Å². The summed E-state index contributed by atoms with van der Waals surface area (Å²) in [4.78, 5) is 0.533. The molecule has 0 saturated heterocycles. The summed E-state index contributed by atoms with van der Waals surface area (Å²) >= 11 is 1.26. The Balaban J connectivity index is 2.35. The van der Waals surface area contributed by atoms with Gasteiger partial charge in [0.1, 0.15) is 0 Å². The zero-order chi connectivity index (χ0) is 15.6. The van der Waals surface area contributed by atoms with Crippen LogP contribution in [0.3, 0.4) is 0 Å². The van der Waals surface area contributed by atoms with Gasteiger partial charge in [0.05, 0.1) is 16.3 Å². The molecule has 2 N–H and O–H groups in total. The molecular weight excluding hydrogens is 299 g/mol. The first-order valence-electron chi connectivity index (χ1n) is 6.40. The summed E-state index contributed by atoms with van der Waals surface area (Å²) in [6.45, 7) is 2.03. The highest BCUT2D eigenvalue weighted by Crippen LogP contribution is 2.36. The first-order valence-corrected chi connectivity index (χ1v) is 7.21. The lowest BCUT2D eigenvalue weighted by molar-refractivity contribution is -0.138. The van der Waals surface area contributed by atoms with Gasteiger partial charge in [-0.05, 0) is 43.7 Å². The van der Waals surface area contributed by atoms with E-state index in [0.29, 0.717) is 4.90 Å². The average Bonchev–Trinajstić information content (AvgIpc) is 2.69. The van der Waals surface area contributed by atoms with Crippen LogP contribution in [0.4, 0.5) is 13.2 Å². The number of nitrogens with two attached hydrogens (primary N) is 1. The number of aromatic nitrogens is 2. The van der Waals surface area contributed by atoms with Crippen LogP contribution in [0.25, 0.3) is 0 Å². The van der Waals surface area contributed by atoms with Crippen molar-refractivity contribution in [2.75, 3.05) is 6.54 Å². The fourth-order valence-corrected chi connectivity index (χ4v) is 3.02. The standard InChI is InChI=1S/C14H16F3N3S/c1-9-7-13(20(2)19-9)21-11-4-3-10(5-6-18)12(8-11)14(15,16)17/h3-4,7-8H,5-6,18H2,1-2H3. The number of alkyl halides is 3. The van der Waals surface area contributed by atoms with Gasteiger partial charge in [0.25, 0.3) is 0 Å². The number of benzene rings is 1. The van der Waals surface area contributed by atoms with Gasteiger partial charge in [-0.2, -0.15) is 18.3 Å². The van der Waals surface area contributed by atoms with E-state index in [4.69, 9.17) is 5.73 Å². The van der Waals surface area contributed by atoms with Crippen LogP contribution in [0.5, 0.6) is 0 Å².